The second-order valence-electron chi connectivity index (χ2n) is 5.61. The van der Waals surface area contributed by atoms with E-state index in [1.165, 1.54) is 0 Å². The third-order valence-electron chi connectivity index (χ3n) is 3.51. The quantitative estimate of drug-likeness (QED) is 0.775. The summed E-state index contributed by atoms with van der Waals surface area (Å²) < 4.78 is 0. The van der Waals surface area contributed by atoms with Crippen molar-refractivity contribution in [3.05, 3.63) is 0 Å². The van der Waals surface area contributed by atoms with Gasteiger partial charge in [0.1, 0.15) is 0 Å². The molecule has 0 bridgehead atoms. The zero-order chi connectivity index (χ0) is 13.1. The molecule has 1 fully saturated rings. The van der Waals surface area contributed by atoms with Crippen molar-refractivity contribution in [1.82, 2.24) is 5.32 Å². The van der Waals surface area contributed by atoms with E-state index in [1.54, 1.807) is 0 Å². The number of aliphatic carboxylic acids is 1. The van der Waals surface area contributed by atoms with Gasteiger partial charge >= 0.3 is 5.97 Å². The summed E-state index contributed by atoms with van der Waals surface area (Å²) in [4.78, 5) is 23.1. The van der Waals surface area contributed by atoms with Crippen LogP contribution in [0.2, 0.25) is 0 Å². The predicted molar refractivity (Wildman–Crippen MR) is 65.6 cm³/mol. The van der Waals surface area contributed by atoms with Crippen molar-refractivity contribution < 1.29 is 14.7 Å². The topological polar surface area (TPSA) is 66.4 Å². The van der Waals surface area contributed by atoms with Gasteiger partial charge in [-0.1, -0.05) is 19.8 Å². The maximum absolute atomic E-state index is 12.1. The lowest BCUT2D eigenvalue weighted by atomic mass is 9.92. The molecule has 0 heterocycles. The lowest BCUT2D eigenvalue weighted by Gasteiger charge is -2.28. The predicted octanol–water partition coefficient (Wildman–Crippen LogP) is 2.18. The van der Waals surface area contributed by atoms with Gasteiger partial charge in [-0.25, -0.2) is 0 Å². The minimum absolute atomic E-state index is 0.0895. The summed E-state index contributed by atoms with van der Waals surface area (Å²) in [7, 11) is 0. The molecule has 2 atom stereocenters. The minimum Gasteiger partial charge on any atom is -0.481 e. The number of nitrogens with one attached hydrogen (secondary N) is 1. The third-order valence-corrected chi connectivity index (χ3v) is 3.51. The number of carboxylic acids is 1. The number of amides is 1. The summed E-state index contributed by atoms with van der Waals surface area (Å²) in [6.45, 7) is 6.04. The molecule has 0 aromatic rings. The van der Waals surface area contributed by atoms with Gasteiger partial charge in [0, 0.05) is 5.54 Å². The first-order chi connectivity index (χ1) is 7.87. The van der Waals surface area contributed by atoms with Crippen LogP contribution < -0.4 is 5.32 Å². The van der Waals surface area contributed by atoms with Gasteiger partial charge in [0.15, 0.2) is 0 Å². The SMILES string of the molecule is CCCC(C)(C)NC(=O)C1CCCC1C(=O)O. The molecule has 0 saturated heterocycles. The molecule has 1 saturated carbocycles. The summed E-state index contributed by atoms with van der Waals surface area (Å²) in [5.74, 6) is -1.76. The first-order valence-electron chi connectivity index (χ1n) is 6.42. The average molecular weight is 241 g/mol. The van der Waals surface area contributed by atoms with E-state index in [0.29, 0.717) is 12.8 Å². The minimum atomic E-state index is -0.837. The molecule has 2 unspecified atom stereocenters. The molecule has 0 aliphatic heterocycles. The summed E-state index contributed by atoms with van der Waals surface area (Å²) >= 11 is 0. The van der Waals surface area contributed by atoms with Crippen molar-refractivity contribution >= 4 is 11.9 Å². The number of rotatable bonds is 5. The van der Waals surface area contributed by atoms with Crippen molar-refractivity contribution in [3.8, 4) is 0 Å². The van der Waals surface area contributed by atoms with Gasteiger partial charge in [0.2, 0.25) is 5.91 Å². The Kier molecular flexibility index (Phi) is 4.54. The van der Waals surface area contributed by atoms with Gasteiger partial charge in [0.25, 0.3) is 0 Å². The molecule has 17 heavy (non-hydrogen) atoms. The Morgan fingerprint density at radius 3 is 2.41 bits per heavy atom. The lowest BCUT2D eigenvalue weighted by molar-refractivity contribution is -0.146. The highest BCUT2D eigenvalue weighted by Gasteiger charge is 2.38. The Labute approximate surface area is 103 Å². The fourth-order valence-electron chi connectivity index (χ4n) is 2.68. The maximum Gasteiger partial charge on any atom is 0.307 e. The monoisotopic (exact) mass is 241 g/mol. The number of hydrogen-bond acceptors (Lipinski definition) is 2. The average Bonchev–Trinajstić information content (AvgIpc) is 2.64. The second kappa shape index (κ2) is 5.52. The van der Waals surface area contributed by atoms with Crippen LogP contribution in [0.15, 0.2) is 0 Å². The van der Waals surface area contributed by atoms with Crippen LogP contribution in [0.4, 0.5) is 0 Å². The smallest absolute Gasteiger partial charge is 0.307 e. The highest BCUT2D eigenvalue weighted by molar-refractivity contribution is 5.85. The summed E-state index contributed by atoms with van der Waals surface area (Å²) in [6.07, 6.45) is 4.07. The van der Waals surface area contributed by atoms with Crippen LogP contribution in [-0.4, -0.2) is 22.5 Å². The Morgan fingerprint density at radius 1 is 1.29 bits per heavy atom. The first kappa shape index (κ1) is 14.0. The molecule has 4 nitrogen and oxygen atoms in total. The normalized spacial score (nSPS) is 24.6. The van der Waals surface area contributed by atoms with Gasteiger partial charge in [0.05, 0.1) is 11.8 Å². The van der Waals surface area contributed by atoms with Crippen molar-refractivity contribution in [2.75, 3.05) is 0 Å². The van der Waals surface area contributed by atoms with Gasteiger partial charge < -0.3 is 10.4 Å². The molecule has 1 amide bonds. The molecule has 4 heteroatoms. The molecule has 1 aliphatic rings. The highest BCUT2D eigenvalue weighted by Crippen LogP contribution is 2.32. The van der Waals surface area contributed by atoms with E-state index in [-0.39, 0.29) is 17.4 Å². The fourth-order valence-corrected chi connectivity index (χ4v) is 2.68. The zero-order valence-corrected chi connectivity index (χ0v) is 11.0. The standard InChI is InChI=1S/C13H23NO3/c1-4-8-13(2,3)14-11(15)9-6-5-7-10(9)12(16)17/h9-10H,4-8H2,1-3H3,(H,14,15)(H,16,17). The molecule has 98 valence electrons. The van der Waals surface area contributed by atoms with E-state index in [1.807, 2.05) is 13.8 Å². The summed E-state index contributed by atoms with van der Waals surface area (Å²) in [5, 5.41) is 12.0. The molecule has 2 N–H and O–H groups in total. The van der Waals surface area contributed by atoms with Crippen LogP contribution in [0.1, 0.15) is 52.9 Å². The summed E-state index contributed by atoms with van der Waals surface area (Å²) in [5.41, 5.74) is -0.239. The largest absolute Gasteiger partial charge is 0.481 e. The van der Waals surface area contributed by atoms with E-state index in [0.717, 1.165) is 19.3 Å². The second-order valence-corrected chi connectivity index (χ2v) is 5.61. The highest BCUT2D eigenvalue weighted by atomic mass is 16.4. The van der Waals surface area contributed by atoms with E-state index in [2.05, 4.69) is 12.2 Å². The Hall–Kier alpha value is -1.06. The van der Waals surface area contributed by atoms with Gasteiger partial charge in [-0.3, -0.25) is 9.59 Å². The van der Waals surface area contributed by atoms with Gasteiger partial charge in [-0.2, -0.15) is 0 Å². The van der Waals surface area contributed by atoms with Crippen LogP contribution in [-0.2, 0) is 9.59 Å². The first-order valence-corrected chi connectivity index (χ1v) is 6.42. The Balaban J connectivity index is 2.61. The molecular formula is C13H23NO3. The number of carboxylic acid groups (broad SMARTS) is 1. The van der Waals surface area contributed by atoms with Gasteiger partial charge in [-0.05, 0) is 33.1 Å². The van der Waals surface area contributed by atoms with Crippen LogP contribution in [0.3, 0.4) is 0 Å². The number of carbonyl (C=O) groups excluding carboxylic acids is 1. The Morgan fingerprint density at radius 2 is 1.88 bits per heavy atom. The molecular weight excluding hydrogens is 218 g/mol. The molecule has 0 spiro atoms. The van der Waals surface area contributed by atoms with Gasteiger partial charge in [-0.15, -0.1) is 0 Å². The molecule has 1 aliphatic carbocycles. The van der Waals surface area contributed by atoms with E-state index < -0.39 is 11.9 Å². The van der Waals surface area contributed by atoms with E-state index in [9.17, 15) is 9.59 Å². The van der Waals surface area contributed by atoms with Crippen LogP contribution in [0, 0.1) is 11.8 Å². The van der Waals surface area contributed by atoms with Crippen LogP contribution >= 0.6 is 0 Å². The van der Waals surface area contributed by atoms with Crippen molar-refractivity contribution in [1.29, 1.82) is 0 Å². The third kappa shape index (κ3) is 3.72. The maximum atomic E-state index is 12.1. The Bertz CT molecular complexity index is 299. The van der Waals surface area contributed by atoms with Crippen LogP contribution in [0.25, 0.3) is 0 Å². The molecule has 0 aromatic heterocycles. The van der Waals surface area contributed by atoms with Crippen LogP contribution in [0.5, 0.6) is 0 Å². The fraction of sp³-hybridized carbons (Fsp3) is 0.846. The zero-order valence-electron chi connectivity index (χ0n) is 11.0. The lowest BCUT2D eigenvalue weighted by Crippen LogP contribution is -2.47. The molecule has 0 aromatic carbocycles. The van der Waals surface area contributed by atoms with E-state index in [4.69, 9.17) is 5.11 Å². The number of hydrogen-bond donors (Lipinski definition) is 2. The molecule has 1 rings (SSSR count). The van der Waals surface area contributed by atoms with E-state index >= 15 is 0 Å². The van der Waals surface area contributed by atoms with Crippen molar-refractivity contribution in [3.63, 3.8) is 0 Å². The molecule has 0 radical (unpaired) electrons. The van der Waals surface area contributed by atoms with Crippen molar-refractivity contribution in [2.45, 2.75) is 58.4 Å². The number of carbonyl (C=O) groups is 2. The van der Waals surface area contributed by atoms with Crippen molar-refractivity contribution in [2.24, 2.45) is 11.8 Å². The summed E-state index contributed by atoms with van der Waals surface area (Å²) in [6, 6.07) is 0.